The van der Waals surface area contributed by atoms with E-state index in [1.54, 1.807) is 0 Å². The second kappa shape index (κ2) is 8.04. The highest BCUT2D eigenvalue weighted by atomic mass is 35.6. The van der Waals surface area contributed by atoms with Crippen LogP contribution in [0.15, 0.2) is 0 Å². The molecule has 0 bridgehead atoms. The summed E-state index contributed by atoms with van der Waals surface area (Å²) in [5, 5.41) is 0. The van der Waals surface area contributed by atoms with E-state index in [9.17, 15) is 0 Å². The van der Waals surface area contributed by atoms with Crippen LogP contribution in [0.1, 0.15) is 0 Å². The molecule has 56 valence electrons. The van der Waals surface area contributed by atoms with Crippen molar-refractivity contribution >= 4 is 46.4 Å². The molecule has 0 saturated carbocycles. The first-order chi connectivity index (χ1) is 2.00. The molecule has 0 fully saturated rings. The van der Waals surface area contributed by atoms with Crippen molar-refractivity contribution in [3.05, 3.63) is 0 Å². The molecule has 0 aliphatic carbocycles. The molecule has 0 unspecified atom stereocenters. The zero-order valence-corrected chi connectivity index (χ0v) is 6.54. The highest BCUT2D eigenvalue weighted by Crippen LogP contribution is 2.29. The first-order valence-electron chi connectivity index (χ1n) is 0.756. The summed E-state index contributed by atoms with van der Waals surface area (Å²) in [4.78, 5) is 0. The Morgan fingerprint density at radius 3 is 0.625 bits per heavy atom. The van der Waals surface area contributed by atoms with Crippen LogP contribution < -0.4 is 0 Å². The molecule has 6 N–H and O–H groups in total. The van der Waals surface area contributed by atoms with E-state index in [0.29, 0.717) is 0 Å². The zero-order chi connectivity index (χ0) is 4.50. The Balaban J connectivity index is -0.0000000267. The third-order valence-corrected chi connectivity index (χ3v) is 0. The van der Waals surface area contributed by atoms with Gasteiger partial charge in [-0.05, 0) is 0 Å². The molecule has 0 aromatic carbocycles. The van der Waals surface area contributed by atoms with Crippen molar-refractivity contribution in [2.75, 3.05) is 0 Å². The van der Waals surface area contributed by atoms with Crippen LogP contribution in [-0.2, 0) is 0 Å². The summed E-state index contributed by atoms with van der Waals surface area (Å²) >= 11 is 19.3. The molecular weight excluding hydrogens is 202 g/mol. The van der Waals surface area contributed by atoms with Crippen molar-refractivity contribution < 1.29 is 16.4 Å². The minimum absolute atomic E-state index is 0. The van der Waals surface area contributed by atoms with Gasteiger partial charge in [0.2, 0.25) is 0 Å². The van der Waals surface area contributed by atoms with Gasteiger partial charge in [0.15, 0.2) is 0 Å². The monoisotopic (exact) mass is 206 g/mol. The van der Waals surface area contributed by atoms with Gasteiger partial charge >= 0.3 is 0 Å². The first kappa shape index (κ1) is 23.0. The van der Waals surface area contributed by atoms with Gasteiger partial charge in [0.1, 0.15) is 0 Å². The summed E-state index contributed by atoms with van der Waals surface area (Å²) in [6, 6.07) is 0. The fraction of sp³-hybridized carbons (Fsp3) is 1.00. The molecule has 8 heavy (non-hydrogen) atoms. The van der Waals surface area contributed by atoms with E-state index in [1.165, 1.54) is 0 Å². The van der Waals surface area contributed by atoms with Gasteiger partial charge in [0.25, 0.3) is 3.25 Å². The Labute approximate surface area is 66.4 Å². The van der Waals surface area contributed by atoms with Crippen molar-refractivity contribution in [1.82, 2.24) is 0 Å². The van der Waals surface area contributed by atoms with Crippen molar-refractivity contribution in [2.45, 2.75) is 3.25 Å². The molecular formula is CH6Cl4O3. The quantitative estimate of drug-likeness (QED) is 0.503. The van der Waals surface area contributed by atoms with Crippen molar-refractivity contribution in [1.29, 1.82) is 0 Å². The van der Waals surface area contributed by atoms with Crippen LogP contribution in [-0.4, -0.2) is 19.7 Å². The van der Waals surface area contributed by atoms with E-state index in [0.717, 1.165) is 0 Å². The lowest BCUT2D eigenvalue weighted by atomic mass is 11.8. The van der Waals surface area contributed by atoms with Crippen LogP contribution in [0.2, 0.25) is 0 Å². The summed E-state index contributed by atoms with van der Waals surface area (Å²) < 4.78 is -1.61. The maximum atomic E-state index is 4.83. The van der Waals surface area contributed by atoms with Crippen molar-refractivity contribution in [3.63, 3.8) is 0 Å². The lowest BCUT2D eigenvalue weighted by Crippen LogP contribution is -1.81. The molecule has 0 saturated heterocycles. The van der Waals surface area contributed by atoms with E-state index in [-0.39, 0.29) is 16.4 Å². The lowest BCUT2D eigenvalue weighted by molar-refractivity contribution is 0.823. The fourth-order valence-corrected chi connectivity index (χ4v) is 0. The van der Waals surface area contributed by atoms with Crippen LogP contribution >= 0.6 is 46.4 Å². The lowest BCUT2D eigenvalue weighted by Gasteiger charge is -1.91. The highest BCUT2D eigenvalue weighted by molar-refractivity contribution is 6.83. The maximum absolute atomic E-state index is 4.83. The average molecular weight is 208 g/mol. The minimum atomic E-state index is -1.61. The van der Waals surface area contributed by atoms with Crippen molar-refractivity contribution in [2.24, 2.45) is 0 Å². The highest BCUT2D eigenvalue weighted by Gasteiger charge is 2.11. The summed E-state index contributed by atoms with van der Waals surface area (Å²) in [5.41, 5.74) is 0. The molecule has 0 amide bonds. The maximum Gasteiger partial charge on any atom is 0.266 e. The first-order valence-corrected chi connectivity index (χ1v) is 2.27. The second-order valence-corrected chi connectivity index (χ2v) is 3.86. The number of halogens is 4. The zero-order valence-electron chi connectivity index (χ0n) is 3.51. The molecule has 0 aromatic heterocycles. The summed E-state index contributed by atoms with van der Waals surface area (Å²) in [6.45, 7) is 0. The van der Waals surface area contributed by atoms with Crippen LogP contribution in [0.25, 0.3) is 0 Å². The normalized spacial score (nSPS) is 7.50. The van der Waals surface area contributed by atoms with E-state index >= 15 is 0 Å². The van der Waals surface area contributed by atoms with Gasteiger partial charge < -0.3 is 16.4 Å². The number of hydrogen-bond donors (Lipinski definition) is 0. The predicted octanol–water partition coefficient (Wildman–Crippen LogP) is 0.0788. The molecule has 0 aliphatic heterocycles. The second-order valence-electron chi connectivity index (χ2n) is 0.429. The molecule has 0 heterocycles. The topological polar surface area (TPSA) is 94.5 Å². The Morgan fingerprint density at radius 1 is 0.625 bits per heavy atom. The third kappa shape index (κ3) is 237. The number of rotatable bonds is 0. The van der Waals surface area contributed by atoms with Gasteiger partial charge in [-0.3, -0.25) is 0 Å². The SMILES string of the molecule is ClC(Cl)(Cl)Cl.O.O.O. The molecule has 0 spiro atoms. The van der Waals surface area contributed by atoms with Gasteiger partial charge in [0, 0.05) is 0 Å². The van der Waals surface area contributed by atoms with E-state index < -0.39 is 3.25 Å². The number of hydrogen-bond acceptors (Lipinski definition) is 0. The molecule has 0 aromatic rings. The fourth-order valence-electron chi connectivity index (χ4n) is 0. The molecule has 0 radical (unpaired) electrons. The molecule has 0 atom stereocenters. The van der Waals surface area contributed by atoms with Crippen LogP contribution in [0, 0.1) is 0 Å². The Hall–Kier alpha value is 1.04. The van der Waals surface area contributed by atoms with Gasteiger partial charge in [-0.2, -0.15) is 0 Å². The number of alkyl halides is 4. The summed E-state index contributed by atoms with van der Waals surface area (Å²) in [6.07, 6.45) is 0. The smallest absolute Gasteiger partial charge is 0.266 e. The summed E-state index contributed by atoms with van der Waals surface area (Å²) in [7, 11) is 0. The molecule has 3 nitrogen and oxygen atoms in total. The molecule has 0 rings (SSSR count). The van der Waals surface area contributed by atoms with Crippen LogP contribution in [0.4, 0.5) is 0 Å². The largest absolute Gasteiger partial charge is 0.412 e. The van der Waals surface area contributed by atoms with E-state index in [4.69, 9.17) is 46.4 Å². The van der Waals surface area contributed by atoms with Crippen molar-refractivity contribution in [3.8, 4) is 0 Å². The van der Waals surface area contributed by atoms with Gasteiger partial charge in [-0.1, -0.05) is 46.4 Å². The van der Waals surface area contributed by atoms with Gasteiger partial charge in [-0.25, -0.2) is 0 Å². The Morgan fingerprint density at radius 2 is 0.625 bits per heavy atom. The Kier molecular flexibility index (Phi) is 23.1. The summed E-state index contributed by atoms with van der Waals surface area (Å²) in [5.74, 6) is 0. The van der Waals surface area contributed by atoms with E-state index in [2.05, 4.69) is 0 Å². The standard InChI is InChI=1S/CCl4.3H2O/c2-1(3,4)5;;;/h;3*1H2. The van der Waals surface area contributed by atoms with Crippen LogP contribution in [0.3, 0.4) is 0 Å². The minimum Gasteiger partial charge on any atom is -0.412 e. The van der Waals surface area contributed by atoms with Gasteiger partial charge in [-0.15, -0.1) is 0 Å². The Bertz CT molecular complexity index is 26.8. The van der Waals surface area contributed by atoms with E-state index in [1.807, 2.05) is 0 Å². The molecule has 7 heteroatoms. The predicted molar refractivity (Wildman–Crippen MR) is 37.0 cm³/mol. The van der Waals surface area contributed by atoms with Gasteiger partial charge in [0.05, 0.1) is 0 Å². The molecule has 0 aliphatic rings. The average Bonchev–Trinajstić information content (AvgIpc) is 0.722. The third-order valence-electron chi connectivity index (χ3n) is 0. The van der Waals surface area contributed by atoms with Crippen LogP contribution in [0.5, 0.6) is 0 Å².